The number of hydrogen-bond donors (Lipinski definition) is 1. The number of nitrogens with one attached hydrogen (secondary N) is 1. The summed E-state index contributed by atoms with van der Waals surface area (Å²) < 4.78 is 3.51. The number of carbonyl (C=O) groups excluding carboxylic acids is 1. The summed E-state index contributed by atoms with van der Waals surface area (Å²) in [5.74, 6) is 1.14. The van der Waals surface area contributed by atoms with Gasteiger partial charge in [-0.2, -0.15) is 0 Å². The molecular formula is C28H37N5O3. The molecule has 0 saturated heterocycles. The van der Waals surface area contributed by atoms with Gasteiger partial charge >= 0.3 is 5.69 Å². The van der Waals surface area contributed by atoms with Gasteiger partial charge in [-0.15, -0.1) is 0 Å². The van der Waals surface area contributed by atoms with Crippen molar-refractivity contribution in [1.29, 1.82) is 0 Å². The van der Waals surface area contributed by atoms with Crippen molar-refractivity contribution in [3.8, 4) is 0 Å². The van der Waals surface area contributed by atoms with Gasteiger partial charge in [0, 0.05) is 32.0 Å². The Kier molecular flexibility index (Phi) is 6.86. The van der Waals surface area contributed by atoms with E-state index in [1.165, 1.54) is 11.1 Å². The minimum absolute atomic E-state index is 0.151. The molecular weight excluding hydrogens is 454 g/mol. The van der Waals surface area contributed by atoms with Crippen molar-refractivity contribution in [2.75, 3.05) is 0 Å². The van der Waals surface area contributed by atoms with E-state index in [2.05, 4.69) is 54.9 Å². The lowest BCUT2D eigenvalue weighted by Gasteiger charge is -2.30. The third-order valence-corrected chi connectivity index (χ3v) is 7.48. The summed E-state index contributed by atoms with van der Waals surface area (Å²) in [5, 5.41) is 0. The number of unbranched alkanes of at least 4 members (excludes halogenated alkanes) is 1. The van der Waals surface area contributed by atoms with Gasteiger partial charge in [-0.3, -0.25) is 19.1 Å². The molecule has 8 nitrogen and oxygen atoms in total. The molecule has 1 aromatic carbocycles. The molecule has 8 heteroatoms. The number of carbonyl (C=O) groups is 1. The normalized spacial score (nSPS) is 17.2. The van der Waals surface area contributed by atoms with Gasteiger partial charge in [0.15, 0.2) is 11.2 Å². The highest BCUT2D eigenvalue weighted by Gasteiger charge is 2.40. The Morgan fingerprint density at radius 1 is 1.17 bits per heavy atom. The van der Waals surface area contributed by atoms with Crippen molar-refractivity contribution in [3.05, 3.63) is 62.1 Å². The second kappa shape index (κ2) is 10.1. The fourth-order valence-electron chi connectivity index (χ4n) is 5.65. The highest BCUT2D eigenvalue weighted by molar-refractivity contribution is 5.78. The summed E-state index contributed by atoms with van der Waals surface area (Å²) in [6.45, 7) is 7.37. The Hall–Kier alpha value is -3.16. The van der Waals surface area contributed by atoms with E-state index in [1.54, 1.807) is 4.57 Å². The highest BCUT2D eigenvalue weighted by Crippen LogP contribution is 2.42. The topological polar surface area (TPSA) is 93.0 Å². The number of rotatable bonds is 10. The van der Waals surface area contributed by atoms with Crippen molar-refractivity contribution in [3.63, 3.8) is 0 Å². The predicted molar refractivity (Wildman–Crippen MR) is 140 cm³/mol. The fraction of sp³-hybridized carbons (Fsp3) is 0.571. The van der Waals surface area contributed by atoms with Crippen LogP contribution in [0.3, 0.4) is 0 Å². The van der Waals surface area contributed by atoms with Gasteiger partial charge in [0.1, 0.15) is 5.82 Å². The molecule has 36 heavy (non-hydrogen) atoms. The maximum atomic E-state index is 13.6. The summed E-state index contributed by atoms with van der Waals surface area (Å²) in [7, 11) is 0. The Morgan fingerprint density at radius 3 is 2.67 bits per heavy atom. The largest absolute Gasteiger partial charge is 0.333 e. The summed E-state index contributed by atoms with van der Waals surface area (Å²) >= 11 is 0. The molecule has 2 aromatic heterocycles. The third-order valence-electron chi connectivity index (χ3n) is 7.48. The Bertz CT molecular complexity index is 1380. The average molecular weight is 492 g/mol. The molecule has 0 spiro atoms. The predicted octanol–water partition coefficient (Wildman–Crippen LogP) is 3.95. The van der Waals surface area contributed by atoms with Crippen LogP contribution in [0.15, 0.2) is 33.9 Å². The van der Waals surface area contributed by atoms with Gasteiger partial charge in [-0.25, -0.2) is 9.78 Å². The first kappa shape index (κ1) is 24.5. The molecule has 1 saturated carbocycles. The SMILES string of the molecule is CCCCn1c(=O)[nH]c(=O)c2c1nc(CCC(=O)N(C1CC1)C1CCc3ccccc31)n2CC(C)C. The van der Waals surface area contributed by atoms with E-state index in [-0.39, 0.29) is 17.9 Å². The smallest absolute Gasteiger partial charge is 0.330 e. The second-order valence-electron chi connectivity index (χ2n) is 10.8. The van der Waals surface area contributed by atoms with E-state index in [1.807, 2.05) is 4.57 Å². The quantitative estimate of drug-likeness (QED) is 0.465. The van der Waals surface area contributed by atoms with Gasteiger partial charge in [0.25, 0.3) is 5.56 Å². The van der Waals surface area contributed by atoms with Gasteiger partial charge in [-0.1, -0.05) is 51.5 Å². The molecule has 1 amide bonds. The Balaban J connectivity index is 1.45. The molecule has 2 aliphatic carbocycles. The van der Waals surface area contributed by atoms with Gasteiger partial charge < -0.3 is 9.47 Å². The number of imidazole rings is 1. The van der Waals surface area contributed by atoms with Crippen LogP contribution < -0.4 is 11.2 Å². The number of aromatic amines is 1. The fourth-order valence-corrected chi connectivity index (χ4v) is 5.65. The summed E-state index contributed by atoms with van der Waals surface area (Å²) in [4.78, 5) is 48.5. The van der Waals surface area contributed by atoms with Crippen molar-refractivity contribution in [2.45, 2.75) is 97.3 Å². The number of benzene rings is 1. The number of aryl methyl sites for hydroxylation is 3. The van der Waals surface area contributed by atoms with E-state index in [9.17, 15) is 14.4 Å². The van der Waals surface area contributed by atoms with E-state index in [4.69, 9.17) is 4.98 Å². The minimum atomic E-state index is -0.419. The first-order valence-corrected chi connectivity index (χ1v) is 13.5. The summed E-state index contributed by atoms with van der Waals surface area (Å²) in [5.41, 5.74) is 2.68. The van der Waals surface area contributed by atoms with E-state index >= 15 is 0 Å². The summed E-state index contributed by atoms with van der Waals surface area (Å²) in [6, 6.07) is 8.96. The van der Waals surface area contributed by atoms with Crippen LogP contribution in [0, 0.1) is 5.92 Å². The van der Waals surface area contributed by atoms with Crippen LogP contribution in [0.25, 0.3) is 11.2 Å². The van der Waals surface area contributed by atoms with E-state index < -0.39 is 11.2 Å². The second-order valence-corrected chi connectivity index (χ2v) is 10.8. The lowest BCUT2D eigenvalue weighted by Crippen LogP contribution is -2.36. The number of fused-ring (bicyclic) bond motifs is 2. The van der Waals surface area contributed by atoms with Crippen LogP contribution >= 0.6 is 0 Å². The number of hydrogen-bond acceptors (Lipinski definition) is 4. The van der Waals surface area contributed by atoms with Crippen molar-refractivity contribution < 1.29 is 4.79 Å². The standard InChI is InChI=1S/C28H37N5O3/c1-4-5-16-31-26-25(27(35)30-28(31)36)32(17-18(2)3)23(29-26)14-15-24(34)33(20-11-12-20)22-13-10-19-8-6-7-9-21(19)22/h6-9,18,20,22H,4-5,10-17H2,1-3H3,(H,30,35,36). The van der Waals surface area contributed by atoms with Gasteiger partial charge in [0.2, 0.25) is 5.91 Å². The molecule has 2 heterocycles. The van der Waals surface area contributed by atoms with Crippen LogP contribution in [0.4, 0.5) is 0 Å². The maximum absolute atomic E-state index is 13.6. The van der Waals surface area contributed by atoms with Gasteiger partial charge in [-0.05, 0) is 49.1 Å². The molecule has 192 valence electrons. The van der Waals surface area contributed by atoms with E-state index in [0.717, 1.165) is 38.5 Å². The molecule has 0 bridgehead atoms. The maximum Gasteiger partial charge on any atom is 0.330 e. The van der Waals surface area contributed by atoms with Crippen molar-refractivity contribution >= 4 is 17.1 Å². The molecule has 1 N–H and O–H groups in total. The van der Waals surface area contributed by atoms with Crippen molar-refractivity contribution in [1.82, 2.24) is 24.0 Å². The Labute approximate surface area is 211 Å². The zero-order valence-electron chi connectivity index (χ0n) is 21.6. The Morgan fingerprint density at radius 2 is 1.94 bits per heavy atom. The van der Waals surface area contributed by atoms with Crippen molar-refractivity contribution in [2.24, 2.45) is 5.92 Å². The highest BCUT2D eigenvalue weighted by atomic mass is 16.2. The zero-order chi connectivity index (χ0) is 25.4. The lowest BCUT2D eigenvalue weighted by molar-refractivity contribution is -0.134. The molecule has 1 atom stereocenters. The molecule has 0 aliphatic heterocycles. The average Bonchev–Trinajstić information content (AvgIpc) is 3.49. The lowest BCUT2D eigenvalue weighted by atomic mass is 10.1. The van der Waals surface area contributed by atoms with Crippen LogP contribution in [0.5, 0.6) is 0 Å². The molecule has 5 rings (SSSR count). The first-order chi connectivity index (χ1) is 17.4. The minimum Gasteiger partial charge on any atom is -0.333 e. The van der Waals surface area contributed by atoms with E-state index in [0.29, 0.717) is 49.0 Å². The zero-order valence-corrected chi connectivity index (χ0v) is 21.6. The van der Waals surface area contributed by atoms with Crippen LogP contribution in [-0.2, 0) is 30.7 Å². The van der Waals surface area contributed by atoms with Crippen LogP contribution in [-0.4, -0.2) is 36.0 Å². The molecule has 1 unspecified atom stereocenters. The monoisotopic (exact) mass is 491 g/mol. The number of amides is 1. The first-order valence-electron chi connectivity index (χ1n) is 13.5. The number of H-pyrrole nitrogens is 1. The number of nitrogens with zero attached hydrogens (tertiary/aromatic N) is 4. The molecule has 3 aromatic rings. The molecule has 2 aliphatic rings. The molecule has 0 radical (unpaired) electrons. The van der Waals surface area contributed by atoms with Crippen LogP contribution in [0.1, 0.15) is 82.3 Å². The van der Waals surface area contributed by atoms with Crippen LogP contribution in [0.2, 0.25) is 0 Å². The number of aromatic nitrogens is 4. The van der Waals surface area contributed by atoms with Gasteiger partial charge in [0.05, 0.1) is 6.04 Å². The third kappa shape index (κ3) is 4.65. The summed E-state index contributed by atoms with van der Waals surface area (Å²) in [6.07, 6.45) is 6.66. The molecule has 1 fully saturated rings.